The zero-order chi connectivity index (χ0) is 17.0. The number of hydrogen-bond donors (Lipinski definition) is 3. The summed E-state index contributed by atoms with van der Waals surface area (Å²) in [6.07, 6.45) is 4.00. The van der Waals surface area contributed by atoms with Crippen molar-refractivity contribution in [3.8, 4) is 0 Å². The molecule has 0 unspecified atom stereocenters. The summed E-state index contributed by atoms with van der Waals surface area (Å²) in [5.74, 6) is -1.71. The Hall–Kier alpha value is -2.64. The molecule has 1 fully saturated rings. The first-order valence-electron chi connectivity index (χ1n) is 7.45. The number of nitro groups is 1. The number of amides is 1. The van der Waals surface area contributed by atoms with Gasteiger partial charge in [-0.05, 0) is 25.0 Å². The third-order valence-electron chi connectivity index (χ3n) is 4.21. The average Bonchev–Trinajstić information content (AvgIpc) is 2.74. The largest absolute Gasteiger partial charge is 0.480 e. The Kier molecular flexibility index (Phi) is 4.83. The number of nitrogen functional groups attached to an aromatic ring is 1. The van der Waals surface area contributed by atoms with E-state index in [0.29, 0.717) is 25.7 Å². The van der Waals surface area contributed by atoms with Gasteiger partial charge < -0.3 is 16.2 Å². The third kappa shape index (κ3) is 3.58. The molecule has 0 aromatic heterocycles. The van der Waals surface area contributed by atoms with Gasteiger partial charge in [-0.15, -0.1) is 0 Å². The lowest BCUT2D eigenvalue weighted by molar-refractivity contribution is -0.383. The Bertz CT molecular complexity index is 636. The lowest BCUT2D eigenvalue weighted by Gasteiger charge is -2.29. The standard InChI is InChI=1S/C15H19N3O5/c16-11-6-5-10(9-12(11)18(22)23)13(19)17-15(14(20)21)7-3-1-2-4-8-15/h5-6,9H,1-4,7-8,16H2,(H,17,19)(H,20,21). The Labute approximate surface area is 132 Å². The number of nitrogens with zero attached hydrogens (tertiary/aromatic N) is 1. The normalized spacial score (nSPS) is 17.0. The highest BCUT2D eigenvalue weighted by Crippen LogP contribution is 2.29. The van der Waals surface area contributed by atoms with Gasteiger partial charge in [-0.2, -0.15) is 0 Å². The number of carbonyl (C=O) groups is 2. The molecule has 0 aliphatic heterocycles. The Morgan fingerprint density at radius 3 is 2.35 bits per heavy atom. The van der Waals surface area contributed by atoms with Gasteiger partial charge in [0.05, 0.1) is 4.92 Å². The van der Waals surface area contributed by atoms with Crippen molar-refractivity contribution in [2.45, 2.75) is 44.1 Å². The summed E-state index contributed by atoms with van der Waals surface area (Å²) in [4.78, 5) is 34.3. The first-order valence-corrected chi connectivity index (χ1v) is 7.45. The van der Waals surface area contributed by atoms with E-state index in [1.807, 2.05) is 0 Å². The van der Waals surface area contributed by atoms with Crippen molar-refractivity contribution in [3.63, 3.8) is 0 Å². The van der Waals surface area contributed by atoms with Crippen LogP contribution >= 0.6 is 0 Å². The second-order valence-corrected chi connectivity index (χ2v) is 5.79. The molecule has 0 atom stereocenters. The van der Waals surface area contributed by atoms with E-state index >= 15 is 0 Å². The fourth-order valence-electron chi connectivity index (χ4n) is 2.86. The second kappa shape index (κ2) is 6.64. The molecule has 0 saturated heterocycles. The van der Waals surface area contributed by atoms with E-state index in [0.717, 1.165) is 18.9 Å². The maximum Gasteiger partial charge on any atom is 0.329 e. The fourth-order valence-corrected chi connectivity index (χ4v) is 2.86. The molecule has 8 nitrogen and oxygen atoms in total. The molecule has 1 aromatic rings. The number of nitro benzene ring substituents is 1. The summed E-state index contributed by atoms with van der Waals surface area (Å²) < 4.78 is 0. The van der Waals surface area contributed by atoms with Gasteiger partial charge in [0, 0.05) is 11.6 Å². The molecule has 1 saturated carbocycles. The molecule has 0 heterocycles. The average molecular weight is 321 g/mol. The molecule has 23 heavy (non-hydrogen) atoms. The molecular formula is C15H19N3O5. The van der Waals surface area contributed by atoms with Crippen molar-refractivity contribution < 1.29 is 19.6 Å². The highest BCUT2D eigenvalue weighted by atomic mass is 16.6. The van der Waals surface area contributed by atoms with Crippen LogP contribution in [0.1, 0.15) is 48.9 Å². The lowest BCUT2D eigenvalue weighted by Crippen LogP contribution is -2.54. The van der Waals surface area contributed by atoms with Crippen LogP contribution in [0.2, 0.25) is 0 Å². The van der Waals surface area contributed by atoms with Crippen molar-refractivity contribution in [3.05, 3.63) is 33.9 Å². The van der Waals surface area contributed by atoms with E-state index in [-0.39, 0.29) is 16.9 Å². The van der Waals surface area contributed by atoms with E-state index in [1.54, 1.807) is 0 Å². The minimum absolute atomic E-state index is 0.0239. The Balaban J connectivity index is 2.27. The van der Waals surface area contributed by atoms with Crippen molar-refractivity contribution in [1.29, 1.82) is 0 Å². The van der Waals surface area contributed by atoms with E-state index in [1.165, 1.54) is 12.1 Å². The van der Waals surface area contributed by atoms with Crippen LogP contribution in [0.4, 0.5) is 11.4 Å². The maximum atomic E-state index is 12.4. The number of carboxylic acid groups (broad SMARTS) is 1. The van der Waals surface area contributed by atoms with Crippen LogP contribution in [0.25, 0.3) is 0 Å². The predicted octanol–water partition coefficient (Wildman–Crippen LogP) is 2.08. The smallest absolute Gasteiger partial charge is 0.329 e. The molecule has 8 heteroatoms. The van der Waals surface area contributed by atoms with Crippen molar-refractivity contribution in [2.75, 3.05) is 5.73 Å². The molecular weight excluding hydrogens is 302 g/mol. The third-order valence-corrected chi connectivity index (χ3v) is 4.21. The molecule has 2 rings (SSSR count). The molecule has 1 aliphatic carbocycles. The fraction of sp³-hybridized carbons (Fsp3) is 0.467. The van der Waals surface area contributed by atoms with E-state index in [9.17, 15) is 24.8 Å². The summed E-state index contributed by atoms with van der Waals surface area (Å²) in [6.45, 7) is 0. The van der Waals surface area contributed by atoms with Crippen LogP contribution in [0, 0.1) is 10.1 Å². The van der Waals surface area contributed by atoms with Gasteiger partial charge >= 0.3 is 5.97 Å². The monoisotopic (exact) mass is 321 g/mol. The number of rotatable bonds is 4. The molecule has 4 N–H and O–H groups in total. The van der Waals surface area contributed by atoms with Gasteiger partial charge in [0.2, 0.25) is 0 Å². The van der Waals surface area contributed by atoms with Crippen LogP contribution < -0.4 is 11.1 Å². The molecule has 1 aromatic carbocycles. The first kappa shape index (κ1) is 16.7. The van der Waals surface area contributed by atoms with Crippen molar-refractivity contribution >= 4 is 23.3 Å². The maximum absolute atomic E-state index is 12.4. The SMILES string of the molecule is Nc1ccc(C(=O)NC2(C(=O)O)CCCCCC2)cc1[N+](=O)[O-]. The quantitative estimate of drug-likeness (QED) is 0.336. The summed E-state index contributed by atoms with van der Waals surface area (Å²) in [5.41, 5.74) is 3.79. The summed E-state index contributed by atoms with van der Waals surface area (Å²) >= 11 is 0. The van der Waals surface area contributed by atoms with Crippen LogP contribution in [0.5, 0.6) is 0 Å². The molecule has 0 radical (unpaired) electrons. The number of anilines is 1. The Morgan fingerprint density at radius 2 is 1.83 bits per heavy atom. The number of aliphatic carboxylic acids is 1. The summed E-state index contributed by atoms with van der Waals surface area (Å²) in [7, 11) is 0. The Morgan fingerprint density at radius 1 is 1.22 bits per heavy atom. The minimum Gasteiger partial charge on any atom is -0.480 e. The number of nitrogens with one attached hydrogen (secondary N) is 1. The number of carbonyl (C=O) groups excluding carboxylic acids is 1. The molecule has 1 amide bonds. The zero-order valence-corrected chi connectivity index (χ0v) is 12.6. The molecule has 124 valence electrons. The van der Waals surface area contributed by atoms with Crippen LogP contribution in [-0.4, -0.2) is 27.4 Å². The first-order chi connectivity index (χ1) is 10.9. The van der Waals surface area contributed by atoms with Gasteiger partial charge in [-0.3, -0.25) is 14.9 Å². The second-order valence-electron chi connectivity index (χ2n) is 5.79. The summed E-state index contributed by atoms with van der Waals surface area (Å²) in [5, 5.41) is 23.0. The van der Waals surface area contributed by atoms with Gasteiger partial charge in [-0.25, -0.2) is 4.79 Å². The van der Waals surface area contributed by atoms with Crippen LogP contribution in [0.15, 0.2) is 18.2 Å². The van der Waals surface area contributed by atoms with Crippen LogP contribution in [0.3, 0.4) is 0 Å². The van der Waals surface area contributed by atoms with Gasteiger partial charge in [0.15, 0.2) is 0 Å². The number of benzene rings is 1. The highest BCUT2D eigenvalue weighted by molar-refractivity contribution is 5.98. The van der Waals surface area contributed by atoms with Crippen molar-refractivity contribution in [2.24, 2.45) is 0 Å². The van der Waals surface area contributed by atoms with E-state index < -0.39 is 22.3 Å². The van der Waals surface area contributed by atoms with Crippen molar-refractivity contribution in [1.82, 2.24) is 5.32 Å². The number of carboxylic acids is 1. The minimum atomic E-state index is -1.32. The van der Waals surface area contributed by atoms with E-state index in [4.69, 9.17) is 5.73 Å². The molecule has 0 bridgehead atoms. The molecule has 1 aliphatic rings. The number of hydrogen-bond acceptors (Lipinski definition) is 5. The zero-order valence-electron chi connectivity index (χ0n) is 12.6. The number of nitrogens with two attached hydrogens (primary N) is 1. The van der Waals surface area contributed by atoms with Crippen LogP contribution in [-0.2, 0) is 4.79 Å². The molecule has 0 spiro atoms. The summed E-state index contributed by atoms with van der Waals surface area (Å²) in [6, 6.07) is 3.69. The van der Waals surface area contributed by atoms with Gasteiger partial charge in [0.25, 0.3) is 11.6 Å². The topological polar surface area (TPSA) is 136 Å². The predicted molar refractivity (Wildman–Crippen MR) is 83.0 cm³/mol. The van der Waals surface area contributed by atoms with Gasteiger partial charge in [-0.1, -0.05) is 25.7 Å². The highest BCUT2D eigenvalue weighted by Gasteiger charge is 2.40. The van der Waals surface area contributed by atoms with Gasteiger partial charge in [0.1, 0.15) is 11.2 Å². The lowest BCUT2D eigenvalue weighted by atomic mass is 9.89. The van der Waals surface area contributed by atoms with E-state index in [2.05, 4.69) is 5.32 Å².